The number of allylic oxidation sites excluding steroid dienone is 2. The summed E-state index contributed by atoms with van der Waals surface area (Å²) < 4.78 is 5.50. The molecule has 0 amide bonds. The Kier molecular flexibility index (Phi) is 7.28. The topological polar surface area (TPSA) is 55.7 Å². The number of carbonyl (C=O) groups is 2. The normalized spacial score (nSPS) is 22.6. The van der Waals surface area contributed by atoms with Crippen LogP contribution in [0.2, 0.25) is 15.1 Å². The van der Waals surface area contributed by atoms with Crippen LogP contribution in [-0.2, 0) is 14.3 Å². The van der Waals surface area contributed by atoms with Gasteiger partial charge in [0.25, 0.3) is 0 Å². The van der Waals surface area contributed by atoms with Crippen LogP contribution in [0.3, 0.4) is 0 Å². The quantitative estimate of drug-likeness (QED) is 0.405. The fourth-order valence-electron chi connectivity index (χ4n) is 4.69. The van der Waals surface area contributed by atoms with E-state index in [-0.39, 0.29) is 17.7 Å². The molecule has 2 aromatic carbocycles. The number of rotatable bonds is 5. The van der Waals surface area contributed by atoms with Crippen LogP contribution in [0, 0.1) is 5.92 Å². The smallest absolute Gasteiger partial charge is 0.315 e. The SMILES string of the molecule is CCCOC(=O)C1C(C)=NC2=C(C(=O)CC(c3ccc(Cl)cc3)C2)C1c1ccc(Cl)c(Cl)c1. The highest BCUT2D eigenvalue weighted by atomic mass is 35.5. The van der Waals surface area contributed by atoms with Gasteiger partial charge in [-0.3, -0.25) is 14.6 Å². The Morgan fingerprint density at radius 2 is 1.73 bits per heavy atom. The number of halogens is 3. The van der Waals surface area contributed by atoms with Gasteiger partial charge in [-0.1, -0.05) is 59.9 Å². The highest BCUT2D eigenvalue weighted by Gasteiger charge is 2.44. The Bertz CT molecular complexity index is 1150. The summed E-state index contributed by atoms with van der Waals surface area (Å²) in [6.07, 6.45) is 1.65. The third kappa shape index (κ3) is 4.89. The van der Waals surface area contributed by atoms with E-state index < -0.39 is 11.8 Å². The van der Waals surface area contributed by atoms with Crippen LogP contribution in [-0.4, -0.2) is 24.1 Å². The number of ether oxygens (including phenoxy) is 1. The lowest BCUT2D eigenvalue weighted by Gasteiger charge is -2.36. The van der Waals surface area contributed by atoms with Crippen LogP contribution in [0.1, 0.15) is 56.1 Å². The molecule has 0 fully saturated rings. The molecule has 4 nitrogen and oxygen atoms in total. The number of esters is 1. The van der Waals surface area contributed by atoms with Crippen LogP contribution >= 0.6 is 34.8 Å². The van der Waals surface area contributed by atoms with E-state index in [1.54, 1.807) is 12.1 Å². The minimum absolute atomic E-state index is 0.00288. The molecule has 33 heavy (non-hydrogen) atoms. The first-order chi connectivity index (χ1) is 15.8. The van der Waals surface area contributed by atoms with Crippen LogP contribution in [0.4, 0.5) is 0 Å². The van der Waals surface area contributed by atoms with Gasteiger partial charge in [0.2, 0.25) is 0 Å². The Balaban J connectivity index is 1.79. The number of aliphatic imine (C=N–C) groups is 1. The van der Waals surface area contributed by atoms with Gasteiger partial charge in [-0.05, 0) is 61.1 Å². The molecule has 2 aliphatic rings. The van der Waals surface area contributed by atoms with Gasteiger partial charge < -0.3 is 4.74 Å². The van der Waals surface area contributed by atoms with Gasteiger partial charge in [0.05, 0.1) is 16.7 Å². The maximum atomic E-state index is 13.5. The fraction of sp³-hybridized carbons (Fsp3) is 0.346. The van der Waals surface area contributed by atoms with Gasteiger partial charge in [-0.2, -0.15) is 0 Å². The second-order valence-corrected chi connectivity index (χ2v) is 9.74. The van der Waals surface area contributed by atoms with Crippen molar-refractivity contribution in [3.8, 4) is 0 Å². The van der Waals surface area contributed by atoms with Gasteiger partial charge in [-0.25, -0.2) is 0 Å². The number of nitrogens with zero attached hydrogens (tertiary/aromatic N) is 1. The number of ketones is 1. The van der Waals surface area contributed by atoms with E-state index in [2.05, 4.69) is 0 Å². The van der Waals surface area contributed by atoms with E-state index in [4.69, 9.17) is 44.5 Å². The average Bonchev–Trinajstić information content (AvgIpc) is 2.78. The van der Waals surface area contributed by atoms with Gasteiger partial charge in [-0.15, -0.1) is 0 Å². The Labute approximate surface area is 208 Å². The van der Waals surface area contributed by atoms with E-state index in [1.807, 2.05) is 44.2 Å². The van der Waals surface area contributed by atoms with Gasteiger partial charge in [0.1, 0.15) is 5.92 Å². The van der Waals surface area contributed by atoms with E-state index >= 15 is 0 Å². The standard InChI is InChI=1S/C26H24Cl3NO3/c1-3-10-33-26(32)23-14(2)30-21-12-17(15-4-7-18(27)8-5-15)13-22(31)25(21)24(23)16-6-9-19(28)20(29)11-16/h4-9,11,17,23-24H,3,10,12-13H2,1-2H3. The van der Waals surface area contributed by atoms with Crippen molar-refractivity contribution in [3.05, 3.63) is 79.9 Å². The molecular weight excluding hydrogens is 481 g/mol. The zero-order chi connectivity index (χ0) is 23.7. The van der Waals surface area contributed by atoms with Crippen molar-refractivity contribution < 1.29 is 14.3 Å². The Morgan fingerprint density at radius 1 is 1.03 bits per heavy atom. The maximum absolute atomic E-state index is 13.5. The minimum atomic E-state index is -0.691. The second kappa shape index (κ2) is 10.0. The summed E-state index contributed by atoms with van der Waals surface area (Å²) in [7, 11) is 0. The first-order valence-corrected chi connectivity index (χ1v) is 12.1. The van der Waals surface area contributed by atoms with Gasteiger partial charge in [0, 0.05) is 34.3 Å². The lowest BCUT2D eigenvalue weighted by atomic mass is 9.69. The lowest BCUT2D eigenvalue weighted by Crippen LogP contribution is -2.38. The van der Waals surface area contributed by atoms with Crippen molar-refractivity contribution in [3.63, 3.8) is 0 Å². The van der Waals surface area contributed by atoms with E-state index in [0.29, 0.717) is 52.2 Å². The van der Waals surface area contributed by atoms with Crippen LogP contribution in [0.5, 0.6) is 0 Å². The van der Waals surface area contributed by atoms with Crippen molar-refractivity contribution in [1.29, 1.82) is 0 Å². The highest BCUT2D eigenvalue weighted by Crippen LogP contribution is 2.47. The summed E-state index contributed by atoms with van der Waals surface area (Å²) in [6.45, 7) is 4.07. The Morgan fingerprint density at radius 3 is 2.39 bits per heavy atom. The average molecular weight is 505 g/mol. The Hall–Kier alpha value is -2.14. The predicted molar refractivity (Wildman–Crippen MR) is 133 cm³/mol. The number of benzene rings is 2. The summed E-state index contributed by atoms with van der Waals surface area (Å²) in [5, 5.41) is 1.44. The predicted octanol–water partition coefficient (Wildman–Crippen LogP) is 7.18. The molecule has 0 spiro atoms. The highest BCUT2D eigenvalue weighted by molar-refractivity contribution is 6.42. The van der Waals surface area contributed by atoms with E-state index in [0.717, 1.165) is 16.8 Å². The van der Waals surface area contributed by atoms with Crippen molar-refractivity contribution in [2.45, 2.75) is 44.9 Å². The molecule has 4 rings (SSSR count). The van der Waals surface area contributed by atoms with Gasteiger partial charge in [0.15, 0.2) is 5.78 Å². The molecule has 7 heteroatoms. The van der Waals surface area contributed by atoms with Crippen molar-refractivity contribution in [2.24, 2.45) is 10.9 Å². The van der Waals surface area contributed by atoms with Crippen LogP contribution in [0.15, 0.2) is 58.7 Å². The van der Waals surface area contributed by atoms with Crippen LogP contribution < -0.4 is 0 Å². The maximum Gasteiger partial charge on any atom is 0.315 e. The number of hydrogen-bond donors (Lipinski definition) is 0. The molecule has 0 bridgehead atoms. The van der Waals surface area contributed by atoms with Gasteiger partial charge >= 0.3 is 5.97 Å². The van der Waals surface area contributed by atoms with E-state index in [1.165, 1.54) is 0 Å². The summed E-state index contributed by atoms with van der Waals surface area (Å²) in [5.41, 5.74) is 3.73. The number of carbonyl (C=O) groups excluding carboxylic acids is 2. The molecule has 1 aliphatic heterocycles. The molecule has 1 heterocycles. The number of hydrogen-bond acceptors (Lipinski definition) is 4. The molecule has 0 saturated heterocycles. The molecule has 3 unspecified atom stereocenters. The molecule has 0 aromatic heterocycles. The number of Topliss-reactive ketones (excluding diaryl/α,β-unsaturated/α-hetero) is 1. The zero-order valence-electron chi connectivity index (χ0n) is 18.4. The molecule has 2 aromatic rings. The zero-order valence-corrected chi connectivity index (χ0v) is 20.7. The summed E-state index contributed by atoms with van der Waals surface area (Å²) in [6, 6.07) is 12.8. The molecule has 0 radical (unpaired) electrons. The molecule has 0 saturated carbocycles. The summed E-state index contributed by atoms with van der Waals surface area (Å²) >= 11 is 18.5. The monoisotopic (exact) mass is 503 g/mol. The second-order valence-electron chi connectivity index (χ2n) is 8.49. The minimum Gasteiger partial charge on any atom is -0.465 e. The summed E-state index contributed by atoms with van der Waals surface area (Å²) in [5.74, 6) is -1.60. The third-order valence-corrected chi connectivity index (χ3v) is 7.23. The van der Waals surface area contributed by atoms with Crippen molar-refractivity contribution >= 4 is 52.3 Å². The molecule has 172 valence electrons. The van der Waals surface area contributed by atoms with Crippen LogP contribution in [0.25, 0.3) is 0 Å². The lowest BCUT2D eigenvalue weighted by molar-refractivity contribution is -0.146. The van der Waals surface area contributed by atoms with Crippen molar-refractivity contribution in [2.75, 3.05) is 6.61 Å². The van der Waals surface area contributed by atoms with Crippen molar-refractivity contribution in [1.82, 2.24) is 0 Å². The molecule has 0 N–H and O–H groups in total. The third-order valence-electron chi connectivity index (χ3n) is 6.24. The molecule has 1 aliphatic carbocycles. The first kappa shape index (κ1) is 24.0. The largest absolute Gasteiger partial charge is 0.465 e. The molecular formula is C26H24Cl3NO3. The summed E-state index contributed by atoms with van der Waals surface area (Å²) in [4.78, 5) is 31.4. The molecule has 3 atom stereocenters. The van der Waals surface area contributed by atoms with E-state index in [9.17, 15) is 9.59 Å². The first-order valence-electron chi connectivity index (χ1n) is 11.0. The fourth-order valence-corrected chi connectivity index (χ4v) is 5.13.